The van der Waals surface area contributed by atoms with E-state index >= 15 is 0 Å². The molecule has 6 heteroatoms. The molecular weight excluding hydrogens is 302 g/mol. The van der Waals surface area contributed by atoms with Crippen molar-refractivity contribution in [1.82, 2.24) is 19.6 Å². The highest BCUT2D eigenvalue weighted by Crippen LogP contribution is 2.35. The van der Waals surface area contributed by atoms with E-state index < -0.39 is 6.10 Å². The molecule has 24 heavy (non-hydrogen) atoms. The molecule has 6 nitrogen and oxygen atoms in total. The maximum absolute atomic E-state index is 10.3. The van der Waals surface area contributed by atoms with Gasteiger partial charge in [-0.15, -0.1) is 0 Å². The number of rotatable bonds is 3. The Labute approximate surface area is 141 Å². The molecule has 1 aliphatic heterocycles. The Morgan fingerprint density at radius 2 is 2.12 bits per heavy atom. The lowest BCUT2D eigenvalue weighted by Gasteiger charge is -2.41. The number of aromatic nitrogens is 4. The summed E-state index contributed by atoms with van der Waals surface area (Å²) in [6.07, 6.45) is 6.59. The fourth-order valence-electron chi connectivity index (χ4n) is 3.72. The van der Waals surface area contributed by atoms with Crippen LogP contribution in [0.2, 0.25) is 0 Å². The highest BCUT2D eigenvalue weighted by Gasteiger charge is 2.31. The first-order chi connectivity index (χ1) is 11.5. The number of fused-ring (bicyclic) bond motifs is 3. The molecule has 0 aromatic carbocycles. The third-order valence-electron chi connectivity index (χ3n) is 5.66. The number of hydrogen-bond acceptors (Lipinski definition) is 4. The predicted molar refractivity (Wildman–Crippen MR) is 95.6 cm³/mol. The van der Waals surface area contributed by atoms with E-state index in [4.69, 9.17) is 0 Å². The second kappa shape index (κ2) is 5.48. The normalized spacial score (nSPS) is 19.2. The highest BCUT2D eigenvalue weighted by molar-refractivity contribution is 6.01. The molecule has 128 valence electrons. The summed E-state index contributed by atoms with van der Waals surface area (Å²) in [4.78, 5) is 12.3. The van der Waals surface area contributed by atoms with Crippen LogP contribution in [0.3, 0.4) is 0 Å². The van der Waals surface area contributed by atoms with Crippen molar-refractivity contribution in [3.05, 3.63) is 24.3 Å². The van der Waals surface area contributed by atoms with Gasteiger partial charge in [-0.1, -0.05) is 20.3 Å². The number of pyridine rings is 1. The number of aliphatic hydroxyl groups is 1. The van der Waals surface area contributed by atoms with Crippen LogP contribution < -0.4 is 5.01 Å². The van der Waals surface area contributed by atoms with Crippen molar-refractivity contribution < 1.29 is 5.11 Å². The molecule has 1 saturated heterocycles. The van der Waals surface area contributed by atoms with Crippen molar-refractivity contribution in [3.63, 3.8) is 0 Å². The number of aliphatic hydroxyl groups excluding tert-OH is 1. The minimum atomic E-state index is -0.620. The third kappa shape index (κ3) is 2.28. The fraction of sp³-hybridized carbons (Fsp3) is 0.556. The lowest BCUT2D eigenvalue weighted by atomic mass is 9.79. The highest BCUT2D eigenvalue weighted by atomic mass is 16.3. The van der Waals surface area contributed by atoms with Gasteiger partial charge in [-0.2, -0.15) is 0 Å². The maximum atomic E-state index is 10.3. The summed E-state index contributed by atoms with van der Waals surface area (Å²) in [5, 5.41) is 13.7. The van der Waals surface area contributed by atoms with Crippen LogP contribution in [0, 0.1) is 5.41 Å². The van der Waals surface area contributed by atoms with Gasteiger partial charge in [-0.3, -0.25) is 0 Å². The molecule has 0 amide bonds. The van der Waals surface area contributed by atoms with Gasteiger partial charge in [-0.05, 0) is 31.2 Å². The van der Waals surface area contributed by atoms with Gasteiger partial charge >= 0.3 is 0 Å². The maximum Gasteiger partial charge on any atom is 0.157 e. The molecule has 3 aromatic heterocycles. The summed E-state index contributed by atoms with van der Waals surface area (Å²) in [6.45, 7) is 8.38. The molecule has 1 fully saturated rings. The van der Waals surface area contributed by atoms with Crippen LogP contribution in [0.5, 0.6) is 0 Å². The molecule has 3 aromatic rings. The zero-order valence-electron chi connectivity index (χ0n) is 14.6. The summed E-state index contributed by atoms with van der Waals surface area (Å²) < 4.78 is 2.13. The van der Waals surface area contributed by atoms with Crippen LogP contribution in [-0.2, 0) is 0 Å². The van der Waals surface area contributed by atoms with Crippen LogP contribution in [0.1, 0.15) is 52.0 Å². The standard InChI is InChI=1S/C18H25N5O/c1-4-18(3)6-9-22(10-7-18)23-15-13-5-8-19-16(13)20-11-14(15)21-17(23)12(2)24/h5,8,11-12,24H,4,6-7,9-10H2,1-3H3,(H,19,20)/t12-/m1/s1. The van der Waals surface area contributed by atoms with Gasteiger partial charge in [0, 0.05) is 24.7 Å². The minimum absolute atomic E-state index is 0.419. The largest absolute Gasteiger partial charge is 0.385 e. The zero-order chi connectivity index (χ0) is 16.9. The smallest absolute Gasteiger partial charge is 0.157 e. The average Bonchev–Trinajstić information content (AvgIpc) is 3.19. The molecule has 4 heterocycles. The van der Waals surface area contributed by atoms with Crippen LogP contribution in [-0.4, -0.2) is 37.8 Å². The summed E-state index contributed by atoms with van der Waals surface area (Å²) in [5.74, 6) is 0.695. The summed E-state index contributed by atoms with van der Waals surface area (Å²) in [6, 6.07) is 2.04. The topological polar surface area (TPSA) is 70.0 Å². The van der Waals surface area contributed by atoms with Gasteiger partial charge < -0.3 is 15.1 Å². The number of nitrogens with zero attached hydrogens (tertiary/aromatic N) is 4. The van der Waals surface area contributed by atoms with Gasteiger partial charge in [0.15, 0.2) is 5.82 Å². The number of nitrogens with one attached hydrogen (secondary N) is 1. The van der Waals surface area contributed by atoms with Gasteiger partial charge in [0.25, 0.3) is 0 Å². The Morgan fingerprint density at radius 1 is 1.38 bits per heavy atom. The molecule has 0 saturated carbocycles. The summed E-state index contributed by atoms with van der Waals surface area (Å²) in [5.41, 5.74) is 3.15. The van der Waals surface area contributed by atoms with E-state index in [9.17, 15) is 5.11 Å². The molecule has 1 atom stereocenters. The van der Waals surface area contributed by atoms with Gasteiger partial charge in [0.1, 0.15) is 22.8 Å². The first-order valence-corrected chi connectivity index (χ1v) is 8.80. The molecule has 0 spiro atoms. The SMILES string of the molecule is CCC1(C)CCN(n2c([C@@H](C)O)nc3cnc4[nH]ccc4c32)CC1. The zero-order valence-corrected chi connectivity index (χ0v) is 14.6. The van der Waals surface area contributed by atoms with Crippen molar-refractivity contribution in [2.45, 2.75) is 46.1 Å². The Morgan fingerprint density at radius 3 is 2.79 bits per heavy atom. The number of imidazole rings is 1. The van der Waals surface area contributed by atoms with Gasteiger partial charge in [-0.25, -0.2) is 14.6 Å². The van der Waals surface area contributed by atoms with Crippen molar-refractivity contribution in [1.29, 1.82) is 0 Å². The van der Waals surface area contributed by atoms with Crippen LogP contribution >= 0.6 is 0 Å². The predicted octanol–water partition coefficient (Wildman–Crippen LogP) is 3.11. The Bertz CT molecular complexity index is 870. The second-order valence-corrected chi connectivity index (χ2v) is 7.31. The quantitative estimate of drug-likeness (QED) is 0.775. The lowest BCUT2D eigenvalue weighted by molar-refractivity contribution is 0.176. The van der Waals surface area contributed by atoms with Crippen molar-refractivity contribution in [2.24, 2.45) is 5.41 Å². The van der Waals surface area contributed by atoms with Gasteiger partial charge in [0.2, 0.25) is 0 Å². The Kier molecular flexibility index (Phi) is 3.53. The molecule has 0 aliphatic carbocycles. The van der Waals surface area contributed by atoms with E-state index in [1.807, 2.05) is 12.3 Å². The van der Waals surface area contributed by atoms with E-state index in [0.717, 1.165) is 48.0 Å². The van der Waals surface area contributed by atoms with Gasteiger partial charge in [0.05, 0.1) is 6.20 Å². The molecule has 0 bridgehead atoms. The first-order valence-electron chi connectivity index (χ1n) is 8.80. The molecule has 1 aliphatic rings. The fourth-order valence-corrected chi connectivity index (χ4v) is 3.72. The van der Waals surface area contributed by atoms with E-state index in [0.29, 0.717) is 11.2 Å². The van der Waals surface area contributed by atoms with Crippen LogP contribution in [0.25, 0.3) is 22.1 Å². The Hall–Kier alpha value is -2.08. The van der Waals surface area contributed by atoms with E-state index in [1.54, 1.807) is 13.1 Å². The second-order valence-electron chi connectivity index (χ2n) is 7.31. The first kappa shape index (κ1) is 15.4. The average molecular weight is 327 g/mol. The minimum Gasteiger partial charge on any atom is -0.385 e. The number of hydrogen-bond donors (Lipinski definition) is 2. The van der Waals surface area contributed by atoms with Crippen molar-refractivity contribution >= 4 is 22.1 Å². The molecule has 0 unspecified atom stereocenters. The van der Waals surface area contributed by atoms with Crippen LogP contribution in [0.4, 0.5) is 0 Å². The number of piperidine rings is 1. The molecule has 2 N–H and O–H groups in total. The van der Waals surface area contributed by atoms with E-state index in [-0.39, 0.29) is 0 Å². The Balaban J connectivity index is 1.86. The van der Waals surface area contributed by atoms with Crippen molar-refractivity contribution in [2.75, 3.05) is 18.1 Å². The summed E-state index contributed by atoms with van der Waals surface area (Å²) in [7, 11) is 0. The molecule has 0 radical (unpaired) electrons. The van der Waals surface area contributed by atoms with E-state index in [1.165, 1.54) is 6.42 Å². The lowest BCUT2D eigenvalue weighted by Crippen LogP contribution is -2.45. The van der Waals surface area contributed by atoms with Crippen LogP contribution in [0.15, 0.2) is 18.5 Å². The monoisotopic (exact) mass is 327 g/mol. The van der Waals surface area contributed by atoms with Crippen molar-refractivity contribution in [3.8, 4) is 0 Å². The van der Waals surface area contributed by atoms with E-state index in [2.05, 4.69) is 38.5 Å². The molecular formula is C18H25N5O. The third-order valence-corrected chi connectivity index (χ3v) is 5.66. The number of H-pyrrole nitrogens is 1. The summed E-state index contributed by atoms with van der Waals surface area (Å²) >= 11 is 0. The number of aromatic amines is 1. The molecule has 4 rings (SSSR count).